The van der Waals surface area contributed by atoms with Gasteiger partial charge in [0.1, 0.15) is 17.7 Å². The Balaban J connectivity index is 1.74. The van der Waals surface area contributed by atoms with Gasteiger partial charge in [0.2, 0.25) is 11.1 Å². The molecule has 160 valence electrons. The lowest BCUT2D eigenvalue weighted by atomic mass is 9.95. The molecule has 1 aliphatic rings. The first-order valence-electron chi connectivity index (χ1n) is 9.70. The summed E-state index contributed by atoms with van der Waals surface area (Å²) in [4.78, 5) is 17.2. The minimum atomic E-state index is -0.876. The van der Waals surface area contributed by atoms with Crippen LogP contribution in [0, 0.1) is 11.6 Å². The minimum absolute atomic E-state index is 0.169. The number of carbonyl (C=O) groups excluding carboxylic acids is 1. The number of carbonyl (C=O) groups is 1. The van der Waals surface area contributed by atoms with Gasteiger partial charge in [-0.05, 0) is 37.1 Å². The predicted molar refractivity (Wildman–Crippen MR) is 113 cm³/mol. The SMILES string of the molecule is CCOC(=O)C1=C(C)Nc2nc(SCc3ccccc3)nn2C1c1cc(F)cc(F)c1. The Morgan fingerprint density at radius 1 is 1.19 bits per heavy atom. The van der Waals surface area contributed by atoms with E-state index >= 15 is 0 Å². The summed E-state index contributed by atoms with van der Waals surface area (Å²) in [7, 11) is 0. The quantitative estimate of drug-likeness (QED) is 0.441. The summed E-state index contributed by atoms with van der Waals surface area (Å²) in [6.07, 6.45) is 0. The Labute approximate surface area is 182 Å². The van der Waals surface area contributed by atoms with Crippen LogP contribution in [0.4, 0.5) is 14.7 Å². The van der Waals surface area contributed by atoms with Crippen molar-refractivity contribution in [2.75, 3.05) is 11.9 Å². The van der Waals surface area contributed by atoms with E-state index < -0.39 is 23.6 Å². The molecule has 0 saturated carbocycles. The maximum absolute atomic E-state index is 14.0. The number of esters is 1. The molecule has 0 bridgehead atoms. The molecule has 2 aromatic carbocycles. The molecule has 1 N–H and O–H groups in total. The molecule has 6 nitrogen and oxygen atoms in total. The van der Waals surface area contributed by atoms with Crippen LogP contribution in [0.5, 0.6) is 0 Å². The van der Waals surface area contributed by atoms with Gasteiger partial charge < -0.3 is 10.1 Å². The highest BCUT2D eigenvalue weighted by molar-refractivity contribution is 7.98. The second-order valence-electron chi connectivity index (χ2n) is 6.93. The third kappa shape index (κ3) is 4.46. The van der Waals surface area contributed by atoms with Crippen LogP contribution in [0.1, 0.15) is 31.0 Å². The molecule has 0 spiro atoms. The number of hydrogen-bond donors (Lipinski definition) is 1. The van der Waals surface area contributed by atoms with Gasteiger partial charge in [0.05, 0.1) is 12.2 Å². The number of benzene rings is 2. The zero-order valence-corrected chi connectivity index (χ0v) is 17.7. The van der Waals surface area contributed by atoms with E-state index in [4.69, 9.17) is 4.74 Å². The summed E-state index contributed by atoms with van der Waals surface area (Å²) in [6, 6.07) is 12.1. The highest BCUT2D eigenvalue weighted by atomic mass is 32.2. The lowest BCUT2D eigenvalue weighted by molar-refractivity contribution is -0.139. The topological polar surface area (TPSA) is 69.0 Å². The molecule has 0 aliphatic carbocycles. The minimum Gasteiger partial charge on any atom is -0.463 e. The first-order chi connectivity index (χ1) is 15.0. The zero-order chi connectivity index (χ0) is 22.0. The number of hydrogen-bond acceptors (Lipinski definition) is 6. The molecule has 0 saturated heterocycles. The molecule has 2 heterocycles. The van der Waals surface area contributed by atoms with Gasteiger partial charge in [0, 0.05) is 17.5 Å². The first-order valence-corrected chi connectivity index (χ1v) is 10.7. The number of ether oxygens (including phenoxy) is 1. The van der Waals surface area contributed by atoms with Gasteiger partial charge in [0.15, 0.2) is 0 Å². The summed E-state index contributed by atoms with van der Waals surface area (Å²) >= 11 is 1.43. The maximum Gasteiger partial charge on any atom is 0.338 e. The predicted octanol–water partition coefficient (Wildman–Crippen LogP) is 4.70. The molecule has 4 rings (SSSR count). The highest BCUT2D eigenvalue weighted by Gasteiger charge is 2.35. The van der Waals surface area contributed by atoms with Gasteiger partial charge in [-0.2, -0.15) is 4.98 Å². The second kappa shape index (κ2) is 8.89. The van der Waals surface area contributed by atoms with Crippen LogP contribution in [0.15, 0.2) is 65.0 Å². The average molecular weight is 442 g/mol. The van der Waals surface area contributed by atoms with Crippen LogP contribution in [-0.4, -0.2) is 27.3 Å². The molecular weight excluding hydrogens is 422 g/mol. The molecule has 0 fully saturated rings. The largest absolute Gasteiger partial charge is 0.463 e. The van der Waals surface area contributed by atoms with Crippen molar-refractivity contribution in [2.45, 2.75) is 30.8 Å². The van der Waals surface area contributed by atoms with Crippen LogP contribution in [-0.2, 0) is 15.3 Å². The molecule has 1 unspecified atom stereocenters. The molecule has 1 aliphatic heterocycles. The van der Waals surface area contributed by atoms with Crippen molar-refractivity contribution in [3.63, 3.8) is 0 Å². The average Bonchev–Trinajstić information content (AvgIpc) is 3.13. The van der Waals surface area contributed by atoms with Crippen molar-refractivity contribution in [1.82, 2.24) is 14.8 Å². The number of halogens is 2. The lowest BCUT2D eigenvalue weighted by Crippen LogP contribution is -2.29. The second-order valence-corrected chi connectivity index (χ2v) is 7.87. The third-order valence-corrected chi connectivity index (χ3v) is 5.65. The van der Waals surface area contributed by atoms with Crippen molar-refractivity contribution in [3.8, 4) is 0 Å². The first kappa shape index (κ1) is 21.0. The number of anilines is 1. The fraction of sp³-hybridized carbons (Fsp3) is 0.227. The third-order valence-electron chi connectivity index (χ3n) is 4.74. The van der Waals surface area contributed by atoms with E-state index in [0.29, 0.717) is 22.6 Å². The van der Waals surface area contributed by atoms with Crippen molar-refractivity contribution in [1.29, 1.82) is 0 Å². The van der Waals surface area contributed by atoms with Crippen LogP contribution >= 0.6 is 11.8 Å². The van der Waals surface area contributed by atoms with E-state index in [2.05, 4.69) is 15.4 Å². The fourth-order valence-corrected chi connectivity index (χ4v) is 4.21. The van der Waals surface area contributed by atoms with Crippen molar-refractivity contribution in [3.05, 3.63) is 82.6 Å². The number of rotatable bonds is 6. The highest BCUT2D eigenvalue weighted by Crippen LogP contribution is 2.37. The molecule has 1 aromatic heterocycles. The summed E-state index contributed by atoms with van der Waals surface area (Å²) < 4.78 is 34.7. The molecule has 31 heavy (non-hydrogen) atoms. The number of aromatic nitrogens is 3. The van der Waals surface area contributed by atoms with Gasteiger partial charge in [-0.25, -0.2) is 18.3 Å². The number of fused-ring (bicyclic) bond motifs is 1. The summed E-state index contributed by atoms with van der Waals surface area (Å²) in [5, 5.41) is 8.07. The van der Waals surface area contributed by atoms with E-state index in [-0.39, 0.29) is 17.7 Å². The summed E-state index contributed by atoms with van der Waals surface area (Å²) in [5.41, 5.74) is 2.07. The lowest BCUT2D eigenvalue weighted by Gasteiger charge is -2.28. The Kier molecular flexibility index (Phi) is 6.03. The Morgan fingerprint density at radius 2 is 1.90 bits per heavy atom. The van der Waals surface area contributed by atoms with E-state index in [9.17, 15) is 13.6 Å². The molecule has 9 heteroatoms. The number of allylic oxidation sites excluding steroid dienone is 1. The van der Waals surface area contributed by atoms with E-state index in [1.807, 2.05) is 30.3 Å². The van der Waals surface area contributed by atoms with Crippen LogP contribution < -0.4 is 5.32 Å². The van der Waals surface area contributed by atoms with E-state index in [1.165, 1.54) is 28.6 Å². The Morgan fingerprint density at radius 3 is 2.58 bits per heavy atom. The molecule has 3 aromatic rings. The van der Waals surface area contributed by atoms with Crippen LogP contribution in [0.3, 0.4) is 0 Å². The molecule has 1 atom stereocenters. The van der Waals surface area contributed by atoms with Gasteiger partial charge in [-0.3, -0.25) is 0 Å². The fourth-order valence-electron chi connectivity index (χ4n) is 3.43. The van der Waals surface area contributed by atoms with E-state index in [1.54, 1.807) is 13.8 Å². The molecule has 0 amide bonds. The summed E-state index contributed by atoms with van der Waals surface area (Å²) in [6.45, 7) is 3.56. The van der Waals surface area contributed by atoms with E-state index in [0.717, 1.165) is 11.6 Å². The Bertz CT molecular complexity index is 1130. The normalized spacial score (nSPS) is 15.4. The Hall–Kier alpha value is -3.20. The van der Waals surface area contributed by atoms with Gasteiger partial charge in [-0.1, -0.05) is 42.1 Å². The van der Waals surface area contributed by atoms with Crippen molar-refractivity contribution in [2.24, 2.45) is 0 Å². The molecular formula is C22H20F2N4O2S. The zero-order valence-electron chi connectivity index (χ0n) is 16.9. The smallest absolute Gasteiger partial charge is 0.338 e. The van der Waals surface area contributed by atoms with Crippen molar-refractivity contribution >= 4 is 23.7 Å². The monoisotopic (exact) mass is 442 g/mol. The number of nitrogens with one attached hydrogen (secondary N) is 1. The maximum atomic E-state index is 14.0. The van der Waals surface area contributed by atoms with Crippen LogP contribution in [0.25, 0.3) is 0 Å². The standard InChI is InChI=1S/C22H20F2N4O2S/c1-3-30-20(29)18-13(2)25-21-26-22(31-12-14-7-5-4-6-8-14)27-28(21)19(18)15-9-16(23)11-17(24)10-15/h4-11,19H,3,12H2,1-2H3,(H,25,26,27). The number of nitrogens with zero attached hydrogens (tertiary/aromatic N) is 3. The summed E-state index contributed by atoms with van der Waals surface area (Å²) in [5.74, 6) is -1.03. The van der Waals surface area contributed by atoms with Gasteiger partial charge in [-0.15, -0.1) is 5.10 Å². The van der Waals surface area contributed by atoms with Gasteiger partial charge >= 0.3 is 5.97 Å². The van der Waals surface area contributed by atoms with Crippen LogP contribution in [0.2, 0.25) is 0 Å². The number of thioether (sulfide) groups is 1. The van der Waals surface area contributed by atoms with Crippen molar-refractivity contribution < 1.29 is 18.3 Å². The van der Waals surface area contributed by atoms with Gasteiger partial charge in [0.25, 0.3) is 0 Å². The molecule has 0 radical (unpaired) electrons.